The Bertz CT molecular complexity index is 756. The summed E-state index contributed by atoms with van der Waals surface area (Å²) in [6.07, 6.45) is 0.857. The van der Waals surface area contributed by atoms with Crippen molar-refractivity contribution in [1.82, 2.24) is 4.90 Å². The molecule has 8 heteroatoms. The molecule has 0 radical (unpaired) electrons. The van der Waals surface area contributed by atoms with Gasteiger partial charge in [-0.25, -0.2) is 0 Å². The number of morpholine rings is 1. The van der Waals surface area contributed by atoms with Crippen LogP contribution in [-0.2, 0) is 19.1 Å². The number of carbonyl (C=O) groups excluding carboxylic acids is 3. The fourth-order valence-electron chi connectivity index (χ4n) is 3.51. The first-order valence-electron chi connectivity index (χ1n) is 9.15. The molecular formula is C19H26N4O4. The van der Waals surface area contributed by atoms with E-state index in [0.29, 0.717) is 44.8 Å². The molecule has 0 unspecified atom stereocenters. The number of amides is 3. The topological polar surface area (TPSA) is 105 Å². The van der Waals surface area contributed by atoms with E-state index in [9.17, 15) is 14.4 Å². The lowest BCUT2D eigenvalue weighted by Gasteiger charge is -2.37. The second-order valence-electron chi connectivity index (χ2n) is 7.22. The normalized spacial score (nSPS) is 19.7. The van der Waals surface area contributed by atoms with Crippen LogP contribution in [0.15, 0.2) is 18.2 Å². The van der Waals surface area contributed by atoms with E-state index in [1.165, 1.54) is 6.92 Å². The summed E-state index contributed by atoms with van der Waals surface area (Å²) in [6, 6.07) is 5.44. The van der Waals surface area contributed by atoms with Crippen LogP contribution < -0.4 is 16.0 Å². The number of ether oxygens (including phenoxy) is 1. The summed E-state index contributed by atoms with van der Waals surface area (Å²) >= 11 is 0. The van der Waals surface area contributed by atoms with E-state index in [0.717, 1.165) is 11.3 Å². The van der Waals surface area contributed by atoms with E-state index in [1.54, 1.807) is 15.9 Å². The molecule has 2 heterocycles. The number of likely N-dealkylation sites (tertiary alicyclic amines) is 1. The van der Waals surface area contributed by atoms with E-state index >= 15 is 0 Å². The molecule has 0 spiro atoms. The monoisotopic (exact) mass is 374 g/mol. The lowest BCUT2D eigenvalue weighted by Crippen LogP contribution is -2.58. The van der Waals surface area contributed by atoms with Crippen LogP contribution in [0.25, 0.3) is 0 Å². The molecule has 0 atom stereocenters. The number of benzene rings is 1. The zero-order valence-corrected chi connectivity index (χ0v) is 15.8. The van der Waals surface area contributed by atoms with Gasteiger partial charge < -0.3 is 25.6 Å². The van der Waals surface area contributed by atoms with Crippen LogP contribution in [0, 0.1) is 6.92 Å². The molecule has 0 saturated carbocycles. The smallest absolute Gasteiger partial charge is 0.253 e. The average Bonchev–Trinajstić information content (AvgIpc) is 2.63. The van der Waals surface area contributed by atoms with Gasteiger partial charge in [-0.05, 0) is 43.5 Å². The van der Waals surface area contributed by atoms with E-state index in [4.69, 9.17) is 10.5 Å². The molecule has 2 aliphatic heterocycles. The summed E-state index contributed by atoms with van der Waals surface area (Å²) in [4.78, 5) is 39.6. The minimum atomic E-state index is -0.987. The molecule has 3 rings (SSSR count). The molecule has 3 N–H and O–H groups in total. The Morgan fingerprint density at radius 3 is 2.52 bits per heavy atom. The van der Waals surface area contributed by atoms with Gasteiger partial charge in [0, 0.05) is 37.9 Å². The van der Waals surface area contributed by atoms with Crippen molar-refractivity contribution >= 4 is 29.1 Å². The molecule has 146 valence electrons. The summed E-state index contributed by atoms with van der Waals surface area (Å²) in [6.45, 7) is 5.50. The first-order chi connectivity index (χ1) is 12.8. The van der Waals surface area contributed by atoms with Crippen molar-refractivity contribution in [3.05, 3.63) is 23.8 Å². The molecule has 0 aromatic heterocycles. The van der Waals surface area contributed by atoms with Gasteiger partial charge in [0.15, 0.2) is 0 Å². The predicted molar refractivity (Wildman–Crippen MR) is 101 cm³/mol. The van der Waals surface area contributed by atoms with Gasteiger partial charge in [0.2, 0.25) is 11.8 Å². The zero-order chi connectivity index (χ0) is 19.6. The molecule has 1 aromatic carbocycles. The third-order valence-electron chi connectivity index (χ3n) is 5.28. The maximum Gasteiger partial charge on any atom is 0.253 e. The van der Waals surface area contributed by atoms with Gasteiger partial charge in [0.05, 0.1) is 12.1 Å². The van der Waals surface area contributed by atoms with Crippen molar-refractivity contribution in [1.29, 1.82) is 0 Å². The minimum Gasteiger partial charge on any atom is -0.370 e. The van der Waals surface area contributed by atoms with E-state index in [-0.39, 0.29) is 24.3 Å². The van der Waals surface area contributed by atoms with Crippen LogP contribution in [0.2, 0.25) is 0 Å². The number of nitrogens with zero attached hydrogens (tertiary/aromatic N) is 2. The molecule has 0 bridgehead atoms. The summed E-state index contributed by atoms with van der Waals surface area (Å²) < 4.78 is 5.16. The molecule has 2 fully saturated rings. The number of hydrogen-bond acceptors (Lipinski definition) is 5. The average molecular weight is 374 g/mol. The molecule has 8 nitrogen and oxygen atoms in total. The lowest BCUT2D eigenvalue weighted by molar-refractivity contribution is -0.133. The minimum absolute atomic E-state index is 0.00123. The standard InChI is InChI=1S/C19H26N4O4/c1-13-11-15(3-4-16(13)23-9-10-27-12-17(23)25)21-18(26)19(20)5-7-22(8-6-19)14(2)24/h3-4,11H,5-10,12,20H2,1-2H3,(H,21,26). The fourth-order valence-corrected chi connectivity index (χ4v) is 3.51. The quantitative estimate of drug-likeness (QED) is 0.808. The molecule has 1 aromatic rings. The number of anilines is 2. The zero-order valence-electron chi connectivity index (χ0n) is 15.8. The first kappa shape index (κ1) is 19.3. The van der Waals surface area contributed by atoms with Crippen LogP contribution in [-0.4, -0.2) is 61.0 Å². The van der Waals surface area contributed by atoms with Gasteiger partial charge in [-0.3, -0.25) is 14.4 Å². The highest BCUT2D eigenvalue weighted by molar-refractivity contribution is 5.99. The number of nitrogens with two attached hydrogens (primary N) is 1. The van der Waals surface area contributed by atoms with E-state index in [1.807, 2.05) is 19.1 Å². The van der Waals surface area contributed by atoms with Crippen LogP contribution in [0.4, 0.5) is 11.4 Å². The number of carbonyl (C=O) groups is 3. The SMILES string of the molecule is CC(=O)N1CCC(N)(C(=O)Nc2ccc(N3CCOCC3=O)c(C)c2)CC1. The Kier molecular flexibility index (Phi) is 5.48. The second-order valence-corrected chi connectivity index (χ2v) is 7.22. The highest BCUT2D eigenvalue weighted by atomic mass is 16.5. The van der Waals surface area contributed by atoms with E-state index < -0.39 is 5.54 Å². The molecule has 0 aliphatic carbocycles. The van der Waals surface area contributed by atoms with Gasteiger partial charge in [0.1, 0.15) is 6.61 Å². The van der Waals surface area contributed by atoms with E-state index in [2.05, 4.69) is 5.32 Å². The highest BCUT2D eigenvalue weighted by Crippen LogP contribution is 2.27. The highest BCUT2D eigenvalue weighted by Gasteiger charge is 2.38. The molecule has 2 aliphatic rings. The van der Waals surface area contributed by atoms with Gasteiger partial charge in [0.25, 0.3) is 5.91 Å². The van der Waals surface area contributed by atoms with Gasteiger partial charge in [-0.1, -0.05) is 0 Å². The maximum atomic E-state index is 12.7. The number of hydrogen-bond donors (Lipinski definition) is 2. The number of nitrogens with one attached hydrogen (secondary N) is 1. The third kappa shape index (κ3) is 4.12. The van der Waals surface area contributed by atoms with Gasteiger partial charge >= 0.3 is 0 Å². The lowest BCUT2D eigenvalue weighted by atomic mass is 9.87. The second kappa shape index (κ2) is 7.66. The molecular weight excluding hydrogens is 348 g/mol. The summed E-state index contributed by atoms with van der Waals surface area (Å²) in [7, 11) is 0. The van der Waals surface area contributed by atoms with Crippen molar-refractivity contribution in [2.45, 2.75) is 32.2 Å². The predicted octanol–water partition coefficient (Wildman–Crippen LogP) is 0.637. The summed E-state index contributed by atoms with van der Waals surface area (Å²) in [5.74, 6) is -0.319. The Balaban J connectivity index is 1.67. The van der Waals surface area contributed by atoms with Crippen molar-refractivity contribution < 1.29 is 19.1 Å². The van der Waals surface area contributed by atoms with Crippen LogP contribution in [0.3, 0.4) is 0 Å². The molecule has 2 saturated heterocycles. The fraction of sp³-hybridized carbons (Fsp3) is 0.526. The summed E-state index contributed by atoms with van der Waals surface area (Å²) in [5, 5.41) is 2.88. The number of rotatable bonds is 3. The third-order valence-corrected chi connectivity index (χ3v) is 5.28. The first-order valence-corrected chi connectivity index (χ1v) is 9.15. The van der Waals surface area contributed by atoms with Crippen LogP contribution in [0.5, 0.6) is 0 Å². The van der Waals surface area contributed by atoms with Gasteiger partial charge in [-0.2, -0.15) is 0 Å². The summed E-state index contributed by atoms with van der Waals surface area (Å²) in [5.41, 5.74) is 7.66. The molecule has 27 heavy (non-hydrogen) atoms. The Morgan fingerprint density at radius 1 is 1.22 bits per heavy atom. The molecule has 3 amide bonds. The largest absolute Gasteiger partial charge is 0.370 e. The maximum absolute atomic E-state index is 12.7. The Labute approximate surface area is 158 Å². The van der Waals surface area contributed by atoms with Crippen molar-refractivity contribution in [2.24, 2.45) is 5.73 Å². The van der Waals surface area contributed by atoms with Crippen molar-refractivity contribution in [2.75, 3.05) is 43.1 Å². The van der Waals surface area contributed by atoms with Crippen LogP contribution in [0.1, 0.15) is 25.3 Å². The van der Waals surface area contributed by atoms with Gasteiger partial charge in [-0.15, -0.1) is 0 Å². The van der Waals surface area contributed by atoms with Crippen molar-refractivity contribution in [3.8, 4) is 0 Å². The van der Waals surface area contributed by atoms with Crippen LogP contribution >= 0.6 is 0 Å². The number of piperidine rings is 1. The Morgan fingerprint density at radius 2 is 1.93 bits per heavy atom. The Hall–Kier alpha value is -2.45. The number of aryl methyl sites for hydroxylation is 1. The van der Waals surface area contributed by atoms with Crippen molar-refractivity contribution in [3.63, 3.8) is 0 Å².